The van der Waals surface area contributed by atoms with E-state index in [1.54, 1.807) is 17.0 Å². The van der Waals surface area contributed by atoms with Crippen LogP contribution in [0.2, 0.25) is 0 Å². The first-order valence-corrected chi connectivity index (χ1v) is 10.1. The minimum Gasteiger partial charge on any atom is -0.486 e. The normalized spacial score (nSPS) is 12.5. The third kappa shape index (κ3) is 4.65. The van der Waals surface area contributed by atoms with Crippen molar-refractivity contribution in [3.8, 4) is 11.5 Å². The molecule has 3 rings (SSSR count). The van der Waals surface area contributed by atoms with Crippen molar-refractivity contribution in [3.63, 3.8) is 0 Å². The molecule has 0 aromatic heterocycles. The average Bonchev–Trinajstić information content (AvgIpc) is 2.70. The third-order valence-electron chi connectivity index (χ3n) is 4.43. The van der Waals surface area contributed by atoms with Gasteiger partial charge in [-0.3, -0.25) is 9.59 Å². The number of hydrogen-bond donors (Lipinski definition) is 0. The van der Waals surface area contributed by atoms with Crippen LogP contribution in [-0.2, 0) is 11.3 Å². The SMILES string of the molecule is CCN(Cc1cccc2c1OCCO2)C(=O)CSc1ccc(C(C)=O)cc1F. The van der Waals surface area contributed by atoms with Crippen LogP contribution < -0.4 is 9.47 Å². The number of rotatable bonds is 7. The summed E-state index contributed by atoms with van der Waals surface area (Å²) in [7, 11) is 0. The molecular formula is C21H22FNO4S. The van der Waals surface area contributed by atoms with Crippen LogP contribution in [0.1, 0.15) is 29.8 Å². The van der Waals surface area contributed by atoms with Crippen molar-refractivity contribution in [3.05, 3.63) is 53.3 Å². The minimum atomic E-state index is -0.490. The molecule has 148 valence electrons. The lowest BCUT2D eigenvalue weighted by molar-refractivity contribution is -0.128. The van der Waals surface area contributed by atoms with E-state index in [2.05, 4.69) is 0 Å². The Bertz CT molecular complexity index is 887. The smallest absolute Gasteiger partial charge is 0.233 e. The number of Topliss-reactive ketones (excluding diaryl/α,β-unsaturated/α-hetero) is 1. The molecule has 0 bridgehead atoms. The number of amides is 1. The van der Waals surface area contributed by atoms with Gasteiger partial charge >= 0.3 is 0 Å². The fraction of sp³-hybridized carbons (Fsp3) is 0.333. The number of para-hydroxylation sites is 1. The summed E-state index contributed by atoms with van der Waals surface area (Å²) in [6.07, 6.45) is 0. The Hall–Kier alpha value is -2.54. The summed E-state index contributed by atoms with van der Waals surface area (Å²) in [6.45, 7) is 5.20. The van der Waals surface area contributed by atoms with E-state index >= 15 is 0 Å². The van der Waals surface area contributed by atoms with Gasteiger partial charge in [-0.05, 0) is 32.0 Å². The Morgan fingerprint density at radius 1 is 1.18 bits per heavy atom. The fourth-order valence-electron chi connectivity index (χ4n) is 2.91. The Morgan fingerprint density at radius 2 is 1.96 bits per heavy atom. The zero-order chi connectivity index (χ0) is 20.1. The van der Waals surface area contributed by atoms with Crippen molar-refractivity contribution in [1.82, 2.24) is 4.90 Å². The van der Waals surface area contributed by atoms with E-state index in [9.17, 15) is 14.0 Å². The molecule has 2 aromatic carbocycles. The first-order chi connectivity index (χ1) is 13.5. The Balaban J connectivity index is 1.65. The number of hydrogen-bond acceptors (Lipinski definition) is 5. The molecule has 2 aromatic rings. The summed E-state index contributed by atoms with van der Waals surface area (Å²) in [6, 6.07) is 9.96. The molecule has 0 N–H and O–H groups in total. The van der Waals surface area contributed by atoms with E-state index < -0.39 is 5.82 Å². The second-order valence-electron chi connectivity index (χ2n) is 6.34. The number of fused-ring (bicyclic) bond motifs is 1. The summed E-state index contributed by atoms with van der Waals surface area (Å²) in [4.78, 5) is 26.0. The molecule has 28 heavy (non-hydrogen) atoms. The standard InChI is InChI=1S/C21H22FNO4S/c1-3-23(12-16-5-4-6-18-21(16)27-10-9-26-18)20(25)13-28-19-8-7-15(14(2)24)11-17(19)22/h4-8,11H,3,9-10,12-13H2,1-2H3. The van der Waals surface area contributed by atoms with Crippen LogP contribution in [0.15, 0.2) is 41.3 Å². The zero-order valence-electron chi connectivity index (χ0n) is 15.9. The van der Waals surface area contributed by atoms with Crippen molar-refractivity contribution in [2.24, 2.45) is 0 Å². The number of benzene rings is 2. The Kier molecular flexibility index (Phi) is 6.57. The van der Waals surface area contributed by atoms with Gasteiger partial charge in [-0.25, -0.2) is 4.39 Å². The maximum atomic E-state index is 14.2. The molecule has 0 fully saturated rings. The van der Waals surface area contributed by atoms with Crippen LogP contribution in [-0.4, -0.2) is 42.1 Å². The third-order valence-corrected chi connectivity index (χ3v) is 5.47. The highest BCUT2D eigenvalue weighted by Gasteiger charge is 2.20. The van der Waals surface area contributed by atoms with Crippen LogP contribution in [0.5, 0.6) is 11.5 Å². The highest BCUT2D eigenvalue weighted by molar-refractivity contribution is 8.00. The second-order valence-corrected chi connectivity index (χ2v) is 7.36. The molecule has 1 amide bonds. The Morgan fingerprint density at radius 3 is 2.68 bits per heavy atom. The molecule has 0 radical (unpaired) electrons. The van der Waals surface area contributed by atoms with Gasteiger partial charge in [0.15, 0.2) is 17.3 Å². The van der Waals surface area contributed by atoms with Crippen molar-refractivity contribution in [1.29, 1.82) is 0 Å². The van der Waals surface area contributed by atoms with Gasteiger partial charge in [0.2, 0.25) is 5.91 Å². The van der Waals surface area contributed by atoms with Crippen LogP contribution in [0.4, 0.5) is 4.39 Å². The molecule has 7 heteroatoms. The molecule has 0 spiro atoms. The number of nitrogens with zero attached hydrogens (tertiary/aromatic N) is 1. The second kappa shape index (κ2) is 9.10. The topological polar surface area (TPSA) is 55.8 Å². The minimum absolute atomic E-state index is 0.100. The van der Waals surface area contributed by atoms with E-state index in [-0.39, 0.29) is 17.4 Å². The molecule has 0 saturated carbocycles. The van der Waals surface area contributed by atoms with E-state index in [1.807, 2.05) is 25.1 Å². The van der Waals surface area contributed by atoms with Crippen molar-refractivity contribution in [2.45, 2.75) is 25.3 Å². The molecule has 5 nitrogen and oxygen atoms in total. The summed E-state index contributed by atoms with van der Waals surface area (Å²) in [5.41, 5.74) is 1.20. The molecule has 1 aliphatic heterocycles. The predicted octanol–water partition coefficient (Wildman–Crippen LogP) is 3.94. The van der Waals surface area contributed by atoms with Gasteiger partial charge < -0.3 is 14.4 Å². The van der Waals surface area contributed by atoms with E-state index in [1.165, 1.54) is 13.0 Å². The summed E-state index contributed by atoms with van der Waals surface area (Å²) < 4.78 is 25.4. The van der Waals surface area contributed by atoms with Gasteiger partial charge in [-0.1, -0.05) is 18.2 Å². The van der Waals surface area contributed by atoms with E-state index in [0.717, 1.165) is 17.3 Å². The lowest BCUT2D eigenvalue weighted by Gasteiger charge is -2.25. The van der Waals surface area contributed by atoms with Gasteiger partial charge in [0.25, 0.3) is 0 Å². The fourth-order valence-corrected chi connectivity index (χ4v) is 3.73. The Labute approximate surface area is 167 Å². The molecule has 1 aliphatic rings. The first kappa shape index (κ1) is 20.2. The highest BCUT2D eigenvalue weighted by atomic mass is 32.2. The quantitative estimate of drug-likeness (QED) is 0.518. The van der Waals surface area contributed by atoms with Gasteiger partial charge in [-0.2, -0.15) is 0 Å². The number of ether oxygens (including phenoxy) is 2. The van der Waals surface area contributed by atoms with Gasteiger partial charge in [0.1, 0.15) is 19.0 Å². The van der Waals surface area contributed by atoms with E-state index in [4.69, 9.17) is 9.47 Å². The number of thioether (sulfide) groups is 1. The number of halogens is 1. The highest BCUT2D eigenvalue weighted by Crippen LogP contribution is 2.34. The van der Waals surface area contributed by atoms with Crippen LogP contribution in [0.3, 0.4) is 0 Å². The zero-order valence-corrected chi connectivity index (χ0v) is 16.7. The summed E-state index contributed by atoms with van der Waals surface area (Å²) in [5.74, 6) is 0.693. The van der Waals surface area contributed by atoms with E-state index in [0.29, 0.717) is 48.3 Å². The molecular weight excluding hydrogens is 381 g/mol. The molecule has 0 unspecified atom stereocenters. The number of ketones is 1. The molecule has 0 saturated heterocycles. The summed E-state index contributed by atoms with van der Waals surface area (Å²) in [5, 5.41) is 0. The number of carbonyl (C=O) groups is 2. The van der Waals surface area contributed by atoms with Gasteiger partial charge in [0.05, 0.1) is 5.75 Å². The largest absolute Gasteiger partial charge is 0.486 e. The van der Waals surface area contributed by atoms with Crippen LogP contribution >= 0.6 is 11.8 Å². The van der Waals surface area contributed by atoms with Crippen molar-refractivity contribution in [2.75, 3.05) is 25.5 Å². The van der Waals surface area contributed by atoms with Crippen LogP contribution in [0.25, 0.3) is 0 Å². The van der Waals surface area contributed by atoms with Crippen LogP contribution in [0, 0.1) is 5.82 Å². The first-order valence-electron chi connectivity index (χ1n) is 9.08. The van der Waals surface area contributed by atoms with Gasteiger partial charge in [0, 0.05) is 29.1 Å². The van der Waals surface area contributed by atoms with Gasteiger partial charge in [-0.15, -0.1) is 11.8 Å². The monoisotopic (exact) mass is 403 g/mol. The molecule has 1 heterocycles. The predicted molar refractivity (Wildman–Crippen MR) is 106 cm³/mol. The molecule has 0 aliphatic carbocycles. The summed E-state index contributed by atoms with van der Waals surface area (Å²) >= 11 is 1.13. The average molecular weight is 403 g/mol. The lowest BCUT2D eigenvalue weighted by Crippen LogP contribution is -2.32. The lowest BCUT2D eigenvalue weighted by atomic mass is 10.1. The maximum Gasteiger partial charge on any atom is 0.233 e. The molecule has 0 atom stereocenters. The van der Waals surface area contributed by atoms with Crippen molar-refractivity contribution >= 4 is 23.5 Å². The van der Waals surface area contributed by atoms with Crippen molar-refractivity contribution < 1.29 is 23.5 Å². The number of carbonyl (C=O) groups excluding carboxylic acids is 2. The maximum absolute atomic E-state index is 14.2.